The quantitative estimate of drug-likeness (QED) is 0.734. The number of anilines is 1. The molecule has 0 aromatic heterocycles. The molecule has 0 amide bonds. The highest BCUT2D eigenvalue weighted by Crippen LogP contribution is 2.17. The predicted octanol–water partition coefficient (Wildman–Crippen LogP) is 1.32. The monoisotopic (exact) mass is 209 g/mol. The van der Waals surface area contributed by atoms with Crippen LogP contribution in [0.3, 0.4) is 0 Å². The zero-order chi connectivity index (χ0) is 11.3. The average Bonchev–Trinajstić information content (AvgIpc) is 2.28. The molecule has 82 valence electrons. The van der Waals surface area contributed by atoms with Crippen LogP contribution in [0.5, 0.6) is 0 Å². The molecule has 0 fully saturated rings. The van der Waals surface area contributed by atoms with Gasteiger partial charge in [-0.2, -0.15) is 0 Å². The number of ether oxygens (including phenoxy) is 1. The zero-order valence-corrected chi connectivity index (χ0v) is 8.86. The third kappa shape index (κ3) is 2.95. The molecular weight excluding hydrogens is 194 g/mol. The maximum Gasteiger partial charge on any atom is 0.339 e. The van der Waals surface area contributed by atoms with Crippen LogP contribution in [0.25, 0.3) is 0 Å². The number of carbonyl (C=O) groups is 1. The van der Waals surface area contributed by atoms with Crippen molar-refractivity contribution in [1.29, 1.82) is 0 Å². The highest BCUT2D eigenvalue weighted by atomic mass is 16.5. The van der Waals surface area contributed by atoms with E-state index in [-0.39, 0.29) is 6.61 Å². The van der Waals surface area contributed by atoms with E-state index in [0.717, 1.165) is 5.69 Å². The summed E-state index contributed by atoms with van der Waals surface area (Å²) in [6.45, 7) is 1.97. The number of benzene rings is 1. The first-order valence-electron chi connectivity index (χ1n) is 4.81. The van der Waals surface area contributed by atoms with Crippen LogP contribution in [-0.4, -0.2) is 24.7 Å². The minimum absolute atomic E-state index is 0.268. The molecule has 0 saturated carbocycles. The average molecular weight is 209 g/mol. The van der Waals surface area contributed by atoms with Gasteiger partial charge >= 0.3 is 5.97 Å². The van der Waals surface area contributed by atoms with E-state index in [1.165, 1.54) is 0 Å². The molecule has 0 saturated heterocycles. The summed E-state index contributed by atoms with van der Waals surface area (Å²) in [5.41, 5.74) is 1.46. The minimum atomic E-state index is -1.20. The van der Waals surface area contributed by atoms with Gasteiger partial charge in [0, 0.05) is 12.7 Å². The summed E-state index contributed by atoms with van der Waals surface area (Å²) in [5, 5.41) is 12.5. The van der Waals surface area contributed by atoms with Gasteiger partial charge in [0.25, 0.3) is 0 Å². The van der Waals surface area contributed by atoms with Crippen molar-refractivity contribution in [3.05, 3.63) is 29.8 Å². The molecule has 0 heterocycles. The van der Waals surface area contributed by atoms with Gasteiger partial charge in [-0.1, -0.05) is 12.1 Å². The summed E-state index contributed by atoms with van der Waals surface area (Å²) in [4.78, 5) is 11.2. The van der Waals surface area contributed by atoms with Gasteiger partial charge in [0.15, 0.2) is 6.10 Å². The van der Waals surface area contributed by atoms with E-state index in [2.05, 4.69) is 5.32 Å². The van der Waals surface area contributed by atoms with Crippen LogP contribution in [-0.2, 0) is 9.53 Å². The Kier molecular flexibility index (Phi) is 4.12. The Balaban J connectivity index is 2.73. The molecule has 4 heteroatoms. The van der Waals surface area contributed by atoms with E-state index >= 15 is 0 Å². The fraction of sp³-hybridized carbons (Fsp3) is 0.364. The van der Waals surface area contributed by atoms with Crippen LogP contribution < -0.4 is 5.32 Å². The molecule has 0 radical (unpaired) electrons. The summed E-state index contributed by atoms with van der Waals surface area (Å²) >= 11 is 0. The van der Waals surface area contributed by atoms with Crippen molar-refractivity contribution in [1.82, 2.24) is 0 Å². The molecule has 0 aliphatic rings. The third-order valence-electron chi connectivity index (χ3n) is 2.02. The van der Waals surface area contributed by atoms with Crippen molar-refractivity contribution in [2.24, 2.45) is 0 Å². The lowest BCUT2D eigenvalue weighted by Crippen LogP contribution is -2.15. The standard InChI is InChI=1S/C11H15NO3/c1-3-15-11(14)10(13)8-4-6-9(12-2)7-5-8/h4-7,10,12-13H,3H2,1-2H3/t10-/m0/s1. The first-order chi connectivity index (χ1) is 7.19. The first kappa shape index (κ1) is 11.5. The smallest absolute Gasteiger partial charge is 0.339 e. The summed E-state index contributed by atoms with van der Waals surface area (Å²) < 4.78 is 4.71. The van der Waals surface area contributed by atoms with Crippen LogP contribution >= 0.6 is 0 Å². The Morgan fingerprint density at radius 3 is 2.53 bits per heavy atom. The van der Waals surface area contributed by atoms with Crippen molar-refractivity contribution >= 4 is 11.7 Å². The van der Waals surface area contributed by atoms with Gasteiger partial charge in [0.05, 0.1) is 6.61 Å². The van der Waals surface area contributed by atoms with Crippen LogP contribution in [0.2, 0.25) is 0 Å². The van der Waals surface area contributed by atoms with Gasteiger partial charge < -0.3 is 15.2 Å². The van der Waals surface area contributed by atoms with Gasteiger partial charge in [-0.05, 0) is 24.6 Å². The maximum absolute atomic E-state index is 11.2. The minimum Gasteiger partial charge on any atom is -0.464 e. The zero-order valence-electron chi connectivity index (χ0n) is 8.86. The molecule has 2 N–H and O–H groups in total. The summed E-state index contributed by atoms with van der Waals surface area (Å²) in [7, 11) is 1.80. The summed E-state index contributed by atoms with van der Waals surface area (Å²) in [5.74, 6) is -0.616. The first-order valence-corrected chi connectivity index (χ1v) is 4.81. The van der Waals surface area contributed by atoms with E-state index in [0.29, 0.717) is 5.56 Å². The van der Waals surface area contributed by atoms with Gasteiger partial charge in [0.2, 0.25) is 0 Å². The van der Waals surface area contributed by atoms with Crippen molar-refractivity contribution < 1.29 is 14.6 Å². The molecule has 0 unspecified atom stereocenters. The van der Waals surface area contributed by atoms with Crippen molar-refractivity contribution in [3.8, 4) is 0 Å². The SMILES string of the molecule is CCOC(=O)[C@@H](O)c1ccc(NC)cc1. The highest BCUT2D eigenvalue weighted by Gasteiger charge is 2.17. The van der Waals surface area contributed by atoms with Gasteiger partial charge in [0.1, 0.15) is 0 Å². The molecule has 4 nitrogen and oxygen atoms in total. The lowest BCUT2D eigenvalue weighted by molar-refractivity contribution is -0.153. The van der Waals surface area contributed by atoms with E-state index < -0.39 is 12.1 Å². The number of aliphatic hydroxyl groups is 1. The summed E-state index contributed by atoms with van der Waals surface area (Å²) in [6, 6.07) is 6.95. The van der Waals surface area contributed by atoms with Crippen molar-refractivity contribution in [2.45, 2.75) is 13.0 Å². The van der Waals surface area contributed by atoms with Gasteiger partial charge in [-0.15, -0.1) is 0 Å². The van der Waals surface area contributed by atoms with Crippen LogP contribution in [0.15, 0.2) is 24.3 Å². The van der Waals surface area contributed by atoms with E-state index in [4.69, 9.17) is 4.74 Å². The van der Waals surface area contributed by atoms with E-state index in [1.54, 1.807) is 38.2 Å². The maximum atomic E-state index is 11.2. The van der Waals surface area contributed by atoms with E-state index in [9.17, 15) is 9.90 Å². The van der Waals surface area contributed by atoms with Crippen LogP contribution in [0.4, 0.5) is 5.69 Å². The Labute approximate surface area is 88.9 Å². The Bertz CT molecular complexity index is 321. The number of esters is 1. The molecule has 0 aliphatic heterocycles. The second-order valence-electron chi connectivity index (χ2n) is 3.03. The molecule has 1 atom stereocenters. The molecule has 1 rings (SSSR count). The molecular formula is C11H15NO3. The Morgan fingerprint density at radius 1 is 1.47 bits per heavy atom. The number of hydrogen-bond donors (Lipinski definition) is 2. The molecule has 0 aliphatic carbocycles. The van der Waals surface area contributed by atoms with Crippen LogP contribution in [0.1, 0.15) is 18.6 Å². The Morgan fingerprint density at radius 2 is 2.07 bits per heavy atom. The number of nitrogens with one attached hydrogen (secondary N) is 1. The second-order valence-corrected chi connectivity index (χ2v) is 3.03. The summed E-state index contributed by atoms with van der Waals surface area (Å²) in [6.07, 6.45) is -1.20. The lowest BCUT2D eigenvalue weighted by Gasteiger charge is -2.10. The number of rotatable bonds is 4. The number of carbonyl (C=O) groups excluding carboxylic acids is 1. The molecule has 1 aromatic rings. The number of aliphatic hydroxyl groups excluding tert-OH is 1. The second kappa shape index (κ2) is 5.36. The topological polar surface area (TPSA) is 58.6 Å². The molecule has 0 bridgehead atoms. The van der Waals surface area contributed by atoms with Crippen LogP contribution in [0, 0.1) is 0 Å². The Hall–Kier alpha value is -1.55. The molecule has 1 aromatic carbocycles. The molecule has 0 spiro atoms. The predicted molar refractivity (Wildman–Crippen MR) is 57.6 cm³/mol. The van der Waals surface area contributed by atoms with Crippen molar-refractivity contribution in [2.75, 3.05) is 19.0 Å². The highest BCUT2D eigenvalue weighted by molar-refractivity contribution is 5.76. The van der Waals surface area contributed by atoms with Crippen molar-refractivity contribution in [3.63, 3.8) is 0 Å². The third-order valence-corrected chi connectivity index (χ3v) is 2.02. The number of hydrogen-bond acceptors (Lipinski definition) is 4. The fourth-order valence-electron chi connectivity index (χ4n) is 1.19. The molecule has 15 heavy (non-hydrogen) atoms. The largest absolute Gasteiger partial charge is 0.464 e. The van der Waals surface area contributed by atoms with Gasteiger partial charge in [-0.25, -0.2) is 4.79 Å². The van der Waals surface area contributed by atoms with Gasteiger partial charge in [-0.3, -0.25) is 0 Å². The lowest BCUT2D eigenvalue weighted by atomic mass is 10.1. The fourth-order valence-corrected chi connectivity index (χ4v) is 1.19. The van der Waals surface area contributed by atoms with E-state index in [1.807, 2.05) is 0 Å². The normalized spacial score (nSPS) is 11.9.